The Balaban J connectivity index is 1.82. The first-order valence-electron chi connectivity index (χ1n) is 8.29. The van der Waals surface area contributed by atoms with Crippen LogP contribution >= 0.6 is 0 Å². The Morgan fingerprint density at radius 3 is 2.48 bits per heavy atom. The molecule has 1 aromatic rings. The van der Waals surface area contributed by atoms with Crippen LogP contribution < -0.4 is 0 Å². The predicted molar refractivity (Wildman–Crippen MR) is 87.2 cm³/mol. The fourth-order valence-electron chi connectivity index (χ4n) is 3.39. The van der Waals surface area contributed by atoms with Crippen molar-refractivity contribution in [2.75, 3.05) is 33.7 Å². The lowest BCUT2D eigenvalue weighted by atomic mass is 9.96. The molecule has 0 bridgehead atoms. The van der Waals surface area contributed by atoms with E-state index in [9.17, 15) is 9.59 Å². The van der Waals surface area contributed by atoms with Crippen molar-refractivity contribution in [1.29, 1.82) is 0 Å². The Morgan fingerprint density at radius 1 is 1.04 bits per heavy atom. The minimum atomic E-state index is 0.00316. The molecule has 0 unspecified atom stereocenters. The van der Waals surface area contributed by atoms with Gasteiger partial charge in [0, 0.05) is 52.7 Å². The first-order valence-corrected chi connectivity index (χ1v) is 8.29. The maximum absolute atomic E-state index is 12.8. The fourth-order valence-corrected chi connectivity index (χ4v) is 3.39. The summed E-state index contributed by atoms with van der Waals surface area (Å²) in [5.74, 6) is 0.0986. The van der Waals surface area contributed by atoms with Crippen LogP contribution in [-0.2, 0) is 13.0 Å². The molecule has 0 radical (unpaired) electrons. The SMILES string of the molecule is CN(C)C(=O)N1CCc2c(cncc2C(=O)N2CCCCC2)C1. The normalized spacial score (nSPS) is 17.7. The summed E-state index contributed by atoms with van der Waals surface area (Å²) in [6.07, 6.45) is 7.57. The molecule has 3 amide bonds. The third-order valence-corrected chi connectivity index (χ3v) is 4.67. The lowest BCUT2D eigenvalue weighted by molar-refractivity contribution is 0.0722. The van der Waals surface area contributed by atoms with Gasteiger partial charge >= 0.3 is 6.03 Å². The zero-order chi connectivity index (χ0) is 16.4. The zero-order valence-corrected chi connectivity index (χ0v) is 13.9. The number of rotatable bonds is 1. The van der Waals surface area contributed by atoms with Crippen molar-refractivity contribution in [2.45, 2.75) is 32.2 Å². The highest BCUT2D eigenvalue weighted by Crippen LogP contribution is 2.24. The summed E-state index contributed by atoms with van der Waals surface area (Å²) < 4.78 is 0. The van der Waals surface area contributed by atoms with Crippen LogP contribution in [0.2, 0.25) is 0 Å². The molecule has 124 valence electrons. The fraction of sp³-hybridized carbons (Fsp3) is 0.588. The third kappa shape index (κ3) is 3.16. The highest BCUT2D eigenvalue weighted by atomic mass is 16.2. The van der Waals surface area contributed by atoms with E-state index in [-0.39, 0.29) is 11.9 Å². The standard InChI is InChI=1S/C17H24N4O2/c1-19(2)17(23)21-9-6-14-13(12-21)10-18-11-15(14)16(22)20-7-4-3-5-8-20/h10-11H,3-9,12H2,1-2H3. The first kappa shape index (κ1) is 15.8. The van der Waals surface area contributed by atoms with Crippen molar-refractivity contribution in [3.05, 3.63) is 29.1 Å². The quantitative estimate of drug-likeness (QED) is 0.793. The Hall–Kier alpha value is -2.11. The van der Waals surface area contributed by atoms with Crippen molar-refractivity contribution in [3.63, 3.8) is 0 Å². The van der Waals surface area contributed by atoms with Gasteiger partial charge in [0.2, 0.25) is 0 Å². The Labute approximate surface area is 137 Å². The molecule has 0 atom stereocenters. The van der Waals surface area contributed by atoms with E-state index in [1.54, 1.807) is 36.3 Å². The molecule has 0 spiro atoms. The molecule has 3 heterocycles. The third-order valence-electron chi connectivity index (χ3n) is 4.67. The van der Waals surface area contributed by atoms with Gasteiger partial charge in [-0.05, 0) is 36.8 Å². The summed E-state index contributed by atoms with van der Waals surface area (Å²) in [5, 5.41) is 0. The molecule has 6 nitrogen and oxygen atoms in total. The molecule has 2 aliphatic heterocycles. The van der Waals surface area contributed by atoms with E-state index in [4.69, 9.17) is 0 Å². The number of likely N-dealkylation sites (tertiary alicyclic amines) is 1. The van der Waals surface area contributed by atoms with Crippen LogP contribution in [0.5, 0.6) is 0 Å². The Bertz CT molecular complexity index is 609. The van der Waals surface area contributed by atoms with Crippen LogP contribution in [0, 0.1) is 0 Å². The zero-order valence-electron chi connectivity index (χ0n) is 13.9. The lowest BCUT2D eigenvalue weighted by Gasteiger charge is -2.33. The number of urea groups is 1. The number of aromatic nitrogens is 1. The lowest BCUT2D eigenvalue weighted by Crippen LogP contribution is -2.43. The highest BCUT2D eigenvalue weighted by molar-refractivity contribution is 5.96. The number of carbonyl (C=O) groups excluding carboxylic acids is 2. The average molecular weight is 316 g/mol. The van der Waals surface area contributed by atoms with Crippen LogP contribution in [0.4, 0.5) is 4.79 Å². The molecule has 0 aliphatic carbocycles. The van der Waals surface area contributed by atoms with Crippen molar-refractivity contribution in [2.24, 2.45) is 0 Å². The van der Waals surface area contributed by atoms with Gasteiger partial charge in [0.25, 0.3) is 5.91 Å². The van der Waals surface area contributed by atoms with Gasteiger partial charge in [-0.25, -0.2) is 4.79 Å². The van der Waals surface area contributed by atoms with Crippen molar-refractivity contribution >= 4 is 11.9 Å². The predicted octanol–water partition coefficient (Wildman–Crippen LogP) is 1.75. The number of nitrogens with zero attached hydrogens (tertiary/aromatic N) is 4. The van der Waals surface area contributed by atoms with Gasteiger partial charge < -0.3 is 14.7 Å². The molecule has 2 aliphatic rings. The molecule has 0 saturated carbocycles. The first-order chi connectivity index (χ1) is 11.1. The second kappa shape index (κ2) is 6.56. The summed E-state index contributed by atoms with van der Waals surface area (Å²) in [4.78, 5) is 34.5. The van der Waals surface area contributed by atoms with Crippen LogP contribution in [0.15, 0.2) is 12.4 Å². The second-order valence-electron chi connectivity index (χ2n) is 6.53. The Kier molecular flexibility index (Phi) is 4.50. The summed E-state index contributed by atoms with van der Waals surface area (Å²) in [5.41, 5.74) is 2.79. The summed E-state index contributed by atoms with van der Waals surface area (Å²) >= 11 is 0. The Morgan fingerprint density at radius 2 is 1.78 bits per heavy atom. The number of piperidine rings is 1. The minimum Gasteiger partial charge on any atom is -0.339 e. The topological polar surface area (TPSA) is 56.8 Å². The van der Waals surface area contributed by atoms with Gasteiger partial charge in [-0.15, -0.1) is 0 Å². The van der Waals surface area contributed by atoms with Gasteiger partial charge in [-0.2, -0.15) is 0 Å². The number of fused-ring (bicyclic) bond motifs is 1. The molecule has 0 N–H and O–H groups in total. The van der Waals surface area contributed by atoms with E-state index in [0.29, 0.717) is 19.5 Å². The van der Waals surface area contributed by atoms with Crippen molar-refractivity contribution in [3.8, 4) is 0 Å². The molecule has 3 rings (SSSR count). The molecule has 6 heteroatoms. The number of pyridine rings is 1. The van der Waals surface area contributed by atoms with Crippen molar-refractivity contribution in [1.82, 2.24) is 19.7 Å². The van der Waals surface area contributed by atoms with E-state index < -0.39 is 0 Å². The van der Waals surface area contributed by atoms with E-state index in [1.807, 2.05) is 4.90 Å². The van der Waals surface area contributed by atoms with E-state index >= 15 is 0 Å². The monoisotopic (exact) mass is 316 g/mol. The van der Waals surface area contributed by atoms with Crippen LogP contribution in [0.25, 0.3) is 0 Å². The molecular formula is C17H24N4O2. The molecular weight excluding hydrogens is 292 g/mol. The summed E-state index contributed by atoms with van der Waals surface area (Å²) in [6, 6.07) is 0.00316. The van der Waals surface area contributed by atoms with Crippen LogP contribution in [0.3, 0.4) is 0 Å². The maximum atomic E-state index is 12.8. The molecule has 0 aromatic carbocycles. The average Bonchev–Trinajstić information content (AvgIpc) is 2.60. The largest absolute Gasteiger partial charge is 0.339 e. The van der Waals surface area contributed by atoms with Crippen molar-refractivity contribution < 1.29 is 9.59 Å². The van der Waals surface area contributed by atoms with E-state index in [1.165, 1.54) is 6.42 Å². The molecule has 1 aromatic heterocycles. The molecule has 23 heavy (non-hydrogen) atoms. The van der Waals surface area contributed by atoms with Gasteiger partial charge in [0.05, 0.1) is 5.56 Å². The van der Waals surface area contributed by atoms with E-state index in [0.717, 1.165) is 42.6 Å². The summed E-state index contributed by atoms with van der Waals surface area (Å²) in [6.45, 7) is 2.86. The van der Waals surface area contributed by atoms with Gasteiger partial charge in [0.15, 0.2) is 0 Å². The van der Waals surface area contributed by atoms with Crippen LogP contribution in [0.1, 0.15) is 40.7 Å². The van der Waals surface area contributed by atoms with Gasteiger partial charge in [0.1, 0.15) is 0 Å². The molecule has 1 fully saturated rings. The summed E-state index contributed by atoms with van der Waals surface area (Å²) in [7, 11) is 3.51. The highest BCUT2D eigenvalue weighted by Gasteiger charge is 2.27. The minimum absolute atomic E-state index is 0.00316. The smallest absolute Gasteiger partial charge is 0.319 e. The number of hydrogen-bond acceptors (Lipinski definition) is 3. The van der Waals surface area contributed by atoms with Crippen LogP contribution in [-0.4, -0.2) is 65.4 Å². The van der Waals surface area contributed by atoms with E-state index in [2.05, 4.69) is 4.98 Å². The number of amides is 3. The number of carbonyl (C=O) groups is 2. The second-order valence-corrected chi connectivity index (χ2v) is 6.53. The van der Waals surface area contributed by atoms with Gasteiger partial charge in [-0.1, -0.05) is 0 Å². The van der Waals surface area contributed by atoms with Gasteiger partial charge in [-0.3, -0.25) is 9.78 Å². The number of hydrogen-bond donors (Lipinski definition) is 0. The maximum Gasteiger partial charge on any atom is 0.319 e. The molecule has 1 saturated heterocycles.